The van der Waals surface area contributed by atoms with Gasteiger partial charge in [-0.15, -0.1) is 0 Å². The molecule has 2 aromatic rings. The van der Waals surface area contributed by atoms with E-state index in [0.717, 1.165) is 10.0 Å². The Bertz CT molecular complexity index is 644. The quantitative estimate of drug-likeness (QED) is 0.909. The molecule has 0 aliphatic heterocycles. The van der Waals surface area contributed by atoms with E-state index in [1.54, 1.807) is 6.07 Å². The summed E-state index contributed by atoms with van der Waals surface area (Å²) in [6.07, 6.45) is 0. The van der Waals surface area contributed by atoms with Crippen molar-refractivity contribution in [2.24, 2.45) is 5.73 Å². The maximum Gasteiger partial charge on any atom is 0.267 e. The van der Waals surface area contributed by atoms with E-state index in [2.05, 4.69) is 20.9 Å². The summed E-state index contributed by atoms with van der Waals surface area (Å²) in [5.41, 5.74) is 12.5. The number of aryl methyl sites for hydroxylation is 1. The highest BCUT2D eigenvalue weighted by Gasteiger charge is 2.11. The molecule has 0 aliphatic carbocycles. The Morgan fingerprint density at radius 3 is 2.68 bits per heavy atom. The molecule has 0 atom stereocenters. The number of ether oxygens (including phenoxy) is 1. The number of primary amides is 1. The summed E-state index contributed by atoms with van der Waals surface area (Å²) >= 11 is 3.39. The van der Waals surface area contributed by atoms with E-state index in [1.165, 1.54) is 12.1 Å². The molecule has 0 aliphatic rings. The van der Waals surface area contributed by atoms with E-state index >= 15 is 0 Å². The number of rotatable bonds is 3. The lowest BCUT2D eigenvalue weighted by Crippen LogP contribution is -2.13. The molecule has 98 valence electrons. The second kappa shape index (κ2) is 5.27. The van der Waals surface area contributed by atoms with E-state index < -0.39 is 5.91 Å². The Morgan fingerprint density at radius 2 is 2.05 bits per heavy atom. The largest absolute Gasteiger partial charge is 0.436 e. The fourth-order valence-electron chi connectivity index (χ4n) is 1.46. The highest BCUT2D eigenvalue weighted by atomic mass is 79.9. The topological polar surface area (TPSA) is 91.2 Å². The van der Waals surface area contributed by atoms with Gasteiger partial charge in [-0.05, 0) is 52.7 Å². The zero-order chi connectivity index (χ0) is 14.0. The lowest BCUT2D eigenvalue weighted by molar-refractivity contribution is 0.0995. The van der Waals surface area contributed by atoms with E-state index in [-0.39, 0.29) is 11.6 Å². The number of hydrogen-bond acceptors (Lipinski definition) is 4. The second-order valence-corrected chi connectivity index (χ2v) is 4.85. The molecule has 0 radical (unpaired) electrons. The molecule has 19 heavy (non-hydrogen) atoms. The summed E-state index contributed by atoms with van der Waals surface area (Å²) in [7, 11) is 0. The van der Waals surface area contributed by atoms with Gasteiger partial charge in [-0.1, -0.05) is 6.07 Å². The number of pyridine rings is 1. The average Bonchev–Trinajstić information content (AvgIpc) is 2.34. The Balaban J connectivity index is 2.37. The molecule has 6 heteroatoms. The van der Waals surface area contributed by atoms with Crippen LogP contribution in [-0.4, -0.2) is 10.9 Å². The number of carbonyl (C=O) groups is 1. The number of nitrogens with zero attached hydrogens (tertiary/aromatic N) is 1. The molecule has 0 saturated carbocycles. The van der Waals surface area contributed by atoms with Gasteiger partial charge in [0.05, 0.1) is 10.2 Å². The zero-order valence-electron chi connectivity index (χ0n) is 10.2. The number of nitrogen functional groups attached to an aromatic ring is 1. The number of nitrogens with two attached hydrogens (primary N) is 2. The lowest BCUT2D eigenvalue weighted by atomic mass is 10.2. The number of amides is 1. The van der Waals surface area contributed by atoms with Crippen molar-refractivity contribution in [2.75, 3.05) is 5.73 Å². The van der Waals surface area contributed by atoms with Gasteiger partial charge >= 0.3 is 0 Å². The molecule has 0 bridgehead atoms. The fraction of sp³-hybridized carbons (Fsp3) is 0.0769. The highest BCUT2D eigenvalue weighted by molar-refractivity contribution is 9.10. The Hall–Kier alpha value is -2.08. The van der Waals surface area contributed by atoms with Crippen molar-refractivity contribution in [3.8, 4) is 11.6 Å². The standard InChI is InChI=1S/C13H12BrN3O2/c1-7-2-5-11(8(14)6-7)19-13-9(15)3-4-10(17-13)12(16)18/h2-6H,15H2,1H3,(H2,16,18). The SMILES string of the molecule is Cc1ccc(Oc2nc(C(N)=O)ccc2N)c(Br)c1. The summed E-state index contributed by atoms with van der Waals surface area (Å²) in [4.78, 5) is 15.1. The minimum atomic E-state index is -0.632. The zero-order valence-corrected chi connectivity index (χ0v) is 11.8. The van der Waals surface area contributed by atoms with Crippen LogP contribution in [0.25, 0.3) is 0 Å². The number of aromatic nitrogens is 1. The van der Waals surface area contributed by atoms with Gasteiger partial charge < -0.3 is 16.2 Å². The molecule has 0 fully saturated rings. The normalized spacial score (nSPS) is 10.2. The molecule has 4 N–H and O–H groups in total. The molecule has 0 spiro atoms. The van der Waals surface area contributed by atoms with Crippen LogP contribution in [0, 0.1) is 6.92 Å². The second-order valence-electron chi connectivity index (χ2n) is 3.99. The van der Waals surface area contributed by atoms with Crippen LogP contribution in [0.4, 0.5) is 5.69 Å². The predicted octanol–water partition coefficient (Wildman–Crippen LogP) is 2.63. The Kier molecular flexibility index (Phi) is 3.71. The van der Waals surface area contributed by atoms with Crippen LogP contribution in [0.15, 0.2) is 34.8 Å². The number of benzene rings is 1. The lowest BCUT2D eigenvalue weighted by Gasteiger charge is -2.10. The van der Waals surface area contributed by atoms with Crippen LogP contribution in [-0.2, 0) is 0 Å². The third kappa shape index (κ3) is 3.03. The van der Waals surface area contributed by atoms with Crippen LogP contribution in [0.3, 0.4) is 0 Å². The Labute approximate surface area is 118 Å². The maximum absolute atomic E-state index is 11.1. The smallest absolute Gasteiger partial charge is 0.267 e. The van der Waals surface area contributed by atoms with E-state index in [4.69, 9.17) is 16.2 Å². The first-order valence-electron chi connectivity index (χ1n) is 5.47. The van der Waals surface area contributed by atoms with E-state index in [9.17, 15) is 4.79 Å². The van der Waals surface area contributed by atoms with Crippen molar-refractivity contribution >= 4 is 27.5 Å². The summed E-state index contributed by atoms with van der Waals surface area (Å²) in [5.74, 6) is 0.0834. The van der Waals surface area contributed by atoms with Crippen LogP contribution in [0.1, 0.15) is 16.1 Å². The molecule has 0 unspecified atom stereocenters. The summed E-state index contributed by atoms with van der Waals surface area (Å²) in [6, 6.07) is 8.58. The predicted molar refractivity (Wildman–Crippen MR) is 76.1 cm³/mol. The van der Waals surface area contributed by atoms with Crippen LogP contribution in [0.2, 0.25) is 0 Å². The summed E-state index contributed by atoms with van der Waals surface area (Å²) in [5, 5.41) is 0. The molecule has 1 aromatic carbocycles. The first-order chi connectivity index (χ1) is 8.97. The van der Waals surface area contributed by atoms with Crippen molar-refractivity contribution in [3.63, 3.8) is 0 Å². The first kappa shape index (κ1) is 13.4. The van der Waals surface area contributed by atoms with Gasteiger partial charge in [0.15, 0.2) is 0 Å². The number of carbonyl (C=O) groups excluding carboxylic acids is 1. The van der Waals surface area contributed by atoms with Crippen molar-refractivity contribution in [1.29, 1.82) is 0 Å². The van der Waals surface area contributed by atoms with Gasteiger partial charge in [0.1, 0.15) is 11.4 Å². The average molecular weight is 322 g/mol. The van der Waals surface area contributed by atoms with E-state index in [0.29, 0.717) is 11.4 Å². The molecular formula is C13H12BrN3O2. The first-order valence-corrected chi connectivity index (χ1v) is 6.27. The van der Waals surface area contributed by atoms with Crippen molar-refractivity contribution in [1.82, 2.24) is 4.98 Å². The van der Waals surface area contributed by atoms with Gasteiger partial charge in [0.2, 0.25) is 5.88 Å². The van der Waals surface area contributed by atoms with Gasteiger partial charge in [-0.25, -0.2) is 4.98 Å². The maximum atomic E-state index is 11.1. The third-order valence-electron chi connectivity index (χ3n) is 2.44. The van der Waals surface area contributed by atoms with Gasteiger partial charge in [0, 0.05) is 0 Å². The van der Waals surface area contributed by atoms with Crippen molar-refractivity contribution in [3.05, 3.63) is 46.1 Å². The van der Waals surface area contributed by atoms with Gasteiger partial charge in [-0.2, -0.15) is 0 Å². The molecule has 1 heterocycles. The third-order valence-corrected chi connectivity index (χ3v) is 3.06. The Morgan fingerprint density at radius 1 is 1.32 bits per heavy atom. The molecule has 2 rings (SSSR count). The molecule has 1 amide bonds. The van der Waals surface area contributed by atoms with Gasteiger partial charge in [0.25, 0.3) is 5.91 Å². The van der Waals surface area contributed by atoms with Crippen LogP contribution < -0.4 is 16.2 Å². The van der Waals surface area contributed by atoms with E-state index in [1.807, 2.05) is 19.1 Å². The van der Waals surface area contributed by atoms with Gasteiger partial charge in [-0.3, -0.25) is 4.79 Å². The molecule has 5 nitrogen and oxygen atoms in total. The van der Waals surface area contributed by atoms with Crippen LogP contribution >= 0.6 is 15.9 Å². The minimum absolute atomic E-state index is 0.104. The van der Waals surface area contributed by atoms with Crippen molar-refractivity contribution < 1.29 is 9.53 Å². The molecular weight excluding hydrogens is 310 g/mol. The monoisotopic (exact) mass is 321 g/mol. The van der Waals surface area contributed by atoms with Crippen LogP contribution in [0.5, 0.6) is 11.6 Å². The summed E-state index contributed by atoms with van der Waals surface area (Å²) < 4.78 is 6.37. The van der Waals surface area contributed by atoms with Crippen molar-refractivity contribution in [2.45, 2.75) is 6.92 Å². The molecule has 1 aromatic heterocycles. The molecule has 0 saturated heterocycles. The minimum Gasteiger partial charge on any atom is -0.436 e. The number of halogens is 1. The summed E-state index contributed by atoms with van der Waals surface area (Å²) in [6.45, 7) is 1.97. The number of anilines is 1. The fourth-order valence-corrected chi connectivity index (χ4v) is 2.04. The number of hydrogen-bond donors (Lipinski definition) is 2. The highest BCUT2D eigenvalue weighted by Crippen LogP contribution is 2.32.